The van der Waals surface area contributed by atoms with E-state index in [0.717, 1.165) is 44.2 Å². The number of benzene rings is 2. The van der Waals surface area contributed by atoms with E-state index in [-0.39, 0.29) is 30.4 Å². The van der Waals surface area contributed by atoms with E-state index < -0.39 is 35.5 Å². The van der Waals surface area contributed by atoms with Gasteiger partial charge in [-0.1, -0.05) is 43.9 Å². The fourth-order valence-electron chi connectivity index (χ4n) is 5.36. The number of carboxylic acids is 1. The highest BCUT2D eigenvalue weighted by molar-refractivity contribution is 6.06. The Morgan fingerprint density at radius 1 is 0.975 bits per heavy atom. The Morgan fingerprint density at radius 3 is 2.30 bits per heavy atom. The van der Waals surface area contributed by atoms with E-state index in [2.05, 4.69) is 15.5 Å². The van der Waals surface area contributed by atoms with E-state index in [1.165, 1.54) is 23.1 Å². The number of para-hydroxylation sites is 2. The second-order valence-electron chi connectivity index (χ2n) is 11.3. The lowest BCUT2D eigenvalue weighted by molar-refractivity contribution is -0.153. The van der Waals surface area contributed by atoms with Crippen molar-refractivity contribution in [2.24, 2.45) is 0 Å². The quantitative estimate of drug-likeness (QED) is 0.348. The molecule has 0 bridgehead atoms. The summed E-state index contributed by atoms with van der Waals surface area (Å²) in [6.07, 6.45) is 6.42. The van der Waals surface area contributed by atoms with E-state index >= 15 is 0 Å². The van der Waals surface area contributed by atoms with Crippen LogP contribution < -0.4 is 20.4 Å². The summed E-state index contributed by atoms with van der Waals surface area (Å²) in [4.78, 5) is 54.9. The van der Waals surface area contributed by atoms with Crippen molar-refractivity contribution in [3.63, 3.8) is 0 Å². The first-order valence-electron chi connectivity index (χ1n) is 13.8. The van der Waals surface area contributed by atoms with E-state index in [9.17, 15) is 24.3 Å². The van der Waals surface area contributed by atoms with Crippen molar-refractivity contribution in [3.8, 4) is 0 Å². The molecule has 40 heavy (non-hydrogen) atoms. The molecule has 2 aromatic carbocycles. The maximum Gasteiger partial charge on any atom is 0.335 e. The number of ether oxygens (including phenoxy) is 1. The smallest absolute Gasteiger partial charge is 0.335 e. The van der Waals surface area contributed by atoms with Gasteiger partial charge < -0.3 is 25.4 Å². The fraction of sp³-hybridized carbons (Fsp3) is 0.467. The molecular formula is C30H38N4O6. The minimum atomic E-state index is -1.11. The normalized spacial score (nSPS) is 18.3. The molecule has 1 atom stereocenters. The van der Waals surface area contributed by atoms with Gasteiger partial charge in [-0.3, -0.25) is 14.5 Å². The highest BCUT2D eigenvalue weighted by atomic mass is 16.6. The fourth-order valence-corrected chi connectivity index (χ4v) is 5.36. The van der Waals surface area contributed by atoms with Crippen LogP contribution in [0.5, 0.6) is 0 Å². The van der Waals surface area contributed by atoms with Crippen molar-refractivity contribution in [1.29, 1.82) is 0 Å². The summed E-state index contributed by atoms with van der Waals surface area (Å²) in [6, 6.07) is 12.0. The molecule has 0 radical (unpaired) electrons. The number of aromatic carboxylic acids is 1. The number of carbonyl (C=O) groups excluding carboxylic acids is 3. The lowest BCUT2D eigenvalue weighted by Gasteiger charge is -2.34. The summed E-state index contributed by atoms with van der Waals surface area (Å²) in [6.45, 7) is 5.24. The third kappa shape index (κ3) is 7.31. The highest BCUT2D eigenvalue weighted by Crippen LogP contribution is 2.37. The molecule has 214 valence electrons. The van der Waals surface area contributed by atoms with Crippen molar-refractivity contribution in [2.45, 2.75) is 77.0 Å². The second kappa shape index (κ2) is 12.4. The maximum atomic E-state index is 14.0. The first-order chi connectivity index (χ1) is 19.0. The number of amides is 3. The van der Waals surface area contributed by atoms with Crippen LogP contribution in [0.4, 0.5) is 21.9 Å². The average molecular weight is 551 g/mol. The number of carbonyl (C=O) groups is 4. The molecule has 10 heteroatoms. The standard InChI is InChI=1S/C30H38N4O6/c1-30(2,3)40-26(35)19-34-25-16-9-8-15-24(25)33(22-13-6-4-5-7-14-22)18-23(27(34)36)32-29(39)31-21-12-10-11-20(17-21)28(37)38/h8-12,15-17,22-23H,4-7,13-14,18-19H2,1-3H3,(H,37,38)(H2,31,32,39). The lowest BCUT2D eigenvalue weighted by atomic mass is 10.0. The molecule has 10 nitrogen and oxygen atoms in total. The van der Waals surface area contributed by atoms with Crippen LogP contribution in [0.25, 0.3) is 0 Å². The van der Waals surface area contributed by atoms with Crippen LogP contribution in [0, 0.1) is 0 Å². The lowest BCUT2D eigenvalue weighted by Crippen LogP contribution is -2.55. The zero-order valence-electron chi connectivity index (χ0n) is 23.3. The number of anilines is 3. The van der Waals surface area contributed by atoms with Crippen molar-refractivity contribution in [1.82, 2.24) is 5.32 Å². The van der Waals surface area contributed by atoms with Gasteiger partial charge in [-0.2, -0.15) is 0 Å². The number of rotatable bonds is 6. The Hall–Kier alpha value is -4.08. The number of nitrogens with one attached hydrogen (secondary N) is 2. The van der Waals surface area contributed by atoms with Gasteiger partial charge in [0.25, 0.3) is 5.91 Å². The maximum absolute atomic E-state index is 14.0. The predicted molar refractivity (Wildman–Crippen MR) is 153 cm³/mol. The minimum absolute atomic E-state index is 0.0295. The zero-order chi connectivity index (χ0) is 28.9. The summed E-state index contributed by atoms with van der Waals surface area (Å²) < 4.78 is 5.54. The van der Waals surface area contributed by atoms with Crippen LogP contribution in [0.15, 0.2) is 48.5 Å². The van der Waals surface area contributed by atoms with Crippen molar-refractivity contribution in [2.75, 3.05) is 28.2 Å². The van der Waals surface area contributed by atoms with Crippen LogP contribution in [0.2, 0.25) is 0 Å². The van der Waals surface area contributed by atoms with Gasteiger partial charge in [0.15, 0.2) is 0 Å². The largest absolute Gasteiger partial charge is 0.478 e. The Kier molecular flexibility index (Phi) is 8.96. The SMILES string of the molecule is CC(C)(C)OC(=O)CN1C(=O)C(NC(=O)Nc2cccc(C(=O)O)c2)CN(C2CCCCCC2)c2ccccc21. The molecule has 1 unspecified atom stereocenters. The van der Waals surface area contributed by atoms with Gasteiger partial charge in [0.2, 0.25) is 0 Å². The van der Waals surface area contributed by atoms with Crippen LogP contribution in [0.1, 0.15) is 69.7 Å². The summed E-state index contributed by atoms with van der Waals surface area (Å²) in [5.41, 5.74) is 1.03. The summed E-state index contributed by atoms with van der Waals surface area (Å²) >= 11 is 0. The monoisotopic (exact) mass is 550 g/mol. The van der Waals surface area contributed by atoms with Gasteiger partial charge in [0, 0.05) is 18.3 Å². The predicted octanol–water partition coefficient (Wildman–Crippen LogP) is 4.79. The first-order valence-corrected chi connectivity index (χ1v) is 13.8. The van der Waals surface area contributed by atoms with Crippen LogP contribution in [-0.4, -0.2) is 59.8 Å². The minimum Gasteiger partial charge on any atom is -0.478 e. The van der Waals surface area contributed by atoms with E-state index in [1.54, 1.807) is 26.8 Å². The molecule has 0 spiro atoms. The van der Waals surface area contributed by atoms with Crippen LogP contribution >= 0.6 is 0 Å². The van der Waals surface area contributed by atoms with Gasteiger partial charge in [-0.05, 0) is 63.9 Å². The summed E-state index contributed by atoms with van der Waals surface area (Å²) in [7, 11) is 0. The molecule has 0 saturated heterocycles. The van der Waals surface area contributed by atoms with Gasteiger partial charge in [-0.25, -0.2) is 9.59 Å². The van der Waals surface area contributed by atoms with Crippen LogP contribution in [0.3, 0.4) is 0 Å². The Morgan fingerprint density at radius 2 is 1.65 bits per heavy atom. The van der Waals surface area contributed by atoms with Crippen molar-refractivity contribution >= 4 is 40.9 Å². The molecule has 0 aromatic heterocycles. The number of esters is 1. The molecule has 1 fully saturated rings. The molecule has 3 amide bonds. The molecule has 2 aliphatic rings. The third-order valence-electron chi connectivity index (χ3n) is 7.07. The highest BCUT2D eigenvalue weighted by Gasteiger charge is 2.38. The topological polar surface area (TPSA) is 128 Å². The van der Waals surface area contributed by atoms with E-state index in [1.807, 2.05) is 24.3 Å². The molecule has 4 rings (SSSR count). The summed E-state index contributed by atoms with van der Waals surface area (Å²) in [5, 5.41) is 14.7. The molecule has 1 aliphatic heterocycles. The molecule has 3 N–H and O–H groups in total. The molecule has 1 aliphatic carbocycles. The summed E-state index contributed by atoms with van der Waals surface area (Å²) in [5.74, 6) is -2.09. The van der Waals surface area contributed by atoms with Gasteiger partial charge in [0.1, 0.15) is 18.2 Å². The Labute approximate surface area is 234 Å². The van der Waals surface area contributed by atoms with Crippen molar-refractivity contribution < 1.29 is 29.0 Å². The molecule has 1 heterocycles. The molecule has 1 saturated carbocycles. The number of carboxylic acid groups (broad SMARTS) is 1. The Balaban J connectivity index is 1.65. The Bertz CT molecular complexity index is 1250. The number of hydrogen-bond acceptors (Lipinski definition) is 6. The van der Waals surface area contributed by atoms with E-state index in [0.29, 0.717) is 5.69 Å². The molecular weight excluding hydrogens is 512 g/mol. The number of fused-ring (bicyclic) bond motifs is 1. The zero-order valence-corrected chi connectivity index (χ0v) is 23.3. The average Bonchev–Trinajstić information content (AvgIpc) is 3.22. The van der Waals surface area contributed by atoms with Crippen molar-refractivity contribution in [3.05, 3.63) is 54.1 Å². The second-order valence-corrected chi connectivity index (χ2v) is 11.3. The van der Waals surface area contributed by atoms with Gasteiger partial charge in [-0.15, -0.1) is 0 Å². The van der Waals surface area contributed by atoms with Gasteiger partial charge >= 0.3 is 18.0 Å². The van der Waals surface area contributed by atoms with Crippen LogP contribution in [-0.2, 0) is 14.3 Å². The third-order valence-corrected chi connectivity index (χ3v) is 7.07. The van der Waals surface area contributed by atoms with E-state index in [4.69, 9.17) is 4.74 Å². The number of nitrogens with zero attached hydrogens (tertiary/aromatic N) is 2. The number of hydrogen-bond donors (Lipinski definition) is 3. The number of urea groups is 1. The first kappa shape index (κ1) is 28.9. The van der Waals surface area contributed by atoms with Gasteiger partial charge in [0.05, 0.1) is 16.9 Å². The molecule has 2 aromatic rings.